The zero-order valence-corrected chi connectivity index (χ0v) is 18.5. The first kappa shape index (κ1) is 21.8. The molecule has 29 heavy (non-hydrogen) atoms. The lowest BCUT2D eigenvalue weighted by Gasteiger charge is -2.31. The van der Waals surface area contributed by atoms with E-state index < -0.39 is 15.9 Å². The number of amides is 1. The fourth-order valence-electron chi connectivity index (χ4n) is 3.58. The Balaban J connectivity index is 1.68. The van der Waals surface area contributed by atoms with Gasteiger partial charge < -0.3 is 5.32 Å². The second-order valence-corrected chi connectivity index (χ2v) is 9.42. The number of sulfonamides is 1. The van der Waals surface area contributed by atoms with E-state index in [1.54, 1.807) is 28.7 Å². The van der Waals surface area contributed by atoms with Crippen molar-refractivity contribution >= 4 is 27.5 Å². The lowest BCUT2D eigenvalue weighted by Crippen LogP contribution is -2.45. The molecule has 0 spiro atoms. The Labute approximate surface area is 176 Å². The maximum absolute atomic E-state index is 13.1. The van der Waals surface area contributed by atoms with Crippen molar-refractivity contribution in [2.75, 3.05) is 13.1 Å². The molecule has 1 atom stereocenters. The molecule has 1 aliphatic rings. The quantitative estimate of drug-likeness (QED) is 0.704. The SMILES string of the molecule is CCn1cc(S(=O)(=O)N2CCC[C@@H](C(=O)NCc3c(Cl)cnn3CC)C2)c(C)n1. The molecule has 3 heterocycles. The van der Waals surface area contributed by atoms with E-state index in [9.17, 15) is 13.2 Å². The number of nitrogens with one attached hydrogen (secondary N) is 1. The number of hydrogen-bond acceptors (Lipinski definition) is 5. The topological polar surface area (TPSA) is 102 Å². The monoisotopic (exact) mass is 442 g/mol. The highest BCUT2D eigenvalue weighted by Crippen LogP contribution is 2.25. The van der Waals surface area contributed by atoms with Gasteiger partial charge in [0.25, 0.3) is 0 Å². The van der Waals surface area contributed by atoms with Crippen LogP contribution in [0.5, 0.6) is 0 Å². The molecule has 11 heteroatoms. The summed E-state index contributed by atoms with van der Waals surface area (Å²) in [5.74, 6) is -0.581. The predicted octanol–water partition coefficient (Wildman–Crippen LogP) is 1.80. The zero-order chi connectivity index (χ0) is 21.2. The van der Waals surface area contributed by atoms with E-state index in [1.165, 1.54) is 4.31 Å². The van der Waals surface area contributed by atoms with Crippen molar-refractivity contribution in [1.29, 1.82) is 0 Å². The summed E-state index contributed by atoms with van der Waals surface area (Å²) in [7, 11) is -3.69. The van der Waals surface area contributed by atoms with Gasteiger partial charge in [-0.05, 0) is 33.6 Å². The summed E-state index contributed by atoms with van der Waals surface area (Å²) in [6, 6.07) is 0. The van der Waals surface area contributed by atoms with E-state index in [1.807, 2.05) is 13.8 Å². The molecule has 0 radical (unpaired) electrons. The number of hydrogen-bond donors (Lipinski definition) is 1. The van der Waals surface area contributed by atoms with Gasteiger partial charge in [-0.3, -0.25) is 14.2 Å². The van der Waals surface area contributed by atoms with Crippen molar-refractivity contribution in [3.05, 3.63) is 28.8 Å². The molecule has 1 aliphatic heterocycles. The minimum Gasteiger partial charge on any atom is -0.350 e. The minimum atomic E-state index is -3.69. The highest BCUT2D eigenvalue weighted by atomic mass is 35.5. The lowest BCUT2D eigenvalue weighted by atomic mass is 9.99. The zero-order valence-electron chi connectivity index (χ0n) is 16.9. The minimum absolute atomic E-state index is 0.158. The summed E-state index contributed by atoms with van der Waals surface area (Å²) in [5.41, 5.74) is 1.21. The van der Waals surface area contributed by atoms with Crippen LogP contribution in [0, 0.1) is 12.8 Å². The van der Waals surface area contributed by atoms with Crippen LogP contribution in [0.15, 0.2) is 17.3 Å². The second-order valence-electron chi connectivity index (χ2n) is 7.11. The number of aromatic nitrogens is 4. The summed E-state index contributed by atoms with van der Waals surface area (Å²) >= 11 is 6.14. The van der Waals surface area contributed by atoms with Crippen LogP contribution in [0.4, 0.5) is 0 Å². The van der Waals surface area contributed by atoms with Crippen molar-refractivity contribution in [2.24, 2.45) is 5.92 Å². The molecule has 1 amide bonds. The molecule has 2 aromatic heterocycles. The fourth-order valence-corrected chi connectivity index (χ4v) is 5.48. The first-order valence-corrected chi connectivity index (χ1v) is 11.6. The van der Waals surface area contributed by atoms with Gasteiger partial charge in [0.15, 0.2) is 0 Å². The van der Waals surface area contributed by atoms with Gasteiger partial charge in [-0.25, -0.2) is 8.42 Å². The molecular weight excluding hydrogens is 416 g/mol. The van der Waals surface area contributed by atoms with E-state index in [0.29, 0.717) is 43.2 Å². The van der Waals surface area contributed by atoms with Gasteiger partial charge in [0.05, 0.1) is 35.1 Å². The Morgan fingerprint density at radius 3 is 2.76 bits per heavy atom. The Hall–Kier alpha value is -1.91. The average Bonchev–Trinajstić information content (AvgIpc) is 3.28. The number of piperidine rings is 1. The summed E-state index contributed by atoms with van der Waals surface area (Å²) in [5, 5.41) is 11.8. The predicted molar refractivity (Wildman–Crippen MR) is 109 cm³/mol. The maximum atomic E-state index is 13.1. The number of halogens is 1. The van der Waals surface area contributed by atoms with Crippen LogP contribution in [-0.4, -0.2) is 51.3 Å². The summed E-state index contributed by atoms with van der Waals surface area (Å²) in [6.07, 6.45) is 4.39. The summed E-state index contributed by atoms with van der Waals surface area (Å²) in [6.45, 7) is 7.60. The number of carbonyl (C=O) groups excluding carboxylic acids is 1. The normalized spacial score (nSPS) is 18.1. The van der Waals surface area contributed by atoms with E-state index in [2.05, 4.69) is 15.5 Å². The Morgan fingerprint density at radius 1 is 1.34 bits per heavy atom. The standard InChI is InChI=1S/C18H27ClN6O3S/c1-4-23-12-17(13(3)22-23)29(27,28)24-8-6-7-14(11-24)18(26)20-10-16-15(19)9-21-25(16)5-2/h9,12,14H,4-8,10-11H2,1-3H3,(H,20,26)/t14-/m1/s1. The van der Waals surface area contributed by atoms with Crippen molar-refractivity contribution < 1.29 is 13.2 Å². The van der Waals surface area contributed by atoms with E-state index >= 15 is 0 Å². The van der Waals surface area contributed by atoms with Crippen LogP contribution in [0.25, 0.3) is 0 Å². The average molecular weight is 443 g/mol. The molecule has 1 saturated heterocycles. The summed E-state index contributed by atoms with van der Waals surface area (Å²) < 4.78 is 30.9. The molecule has 0 saturated carbocycles. The van der Waals surface area contributed by atoms with Gasteiger partial charge in [0.2, 0.25) is 15.9 Å². The molecular formula is C18H27ClN6O3S. The molecule has 0 bridgehead atoms. The molecule has 0 unspecified atom stereocenters. The smallest absolute Gasteiger partial charge is 0.246 e. The van der Waals surface area contributed by atoms with Gasteiger partial charge in [0, 0.05) is 32.4 Å². The number of nitrogens with zero attached hydrogens (tertiary/aromatic N) is 5. The van der Waals surface area contributed by atoms with Crippen LogP contribution in [0.3, 0.4) is 0 Å². The highest BCUT2D eigenvalue weighted by molar-refractivity contribution is 7.89. The molecule has 0 aliphatic carbocycles. The van der Waals surface area contributed by atoms with Crippen molar-refractivity contribution in [3.8, 4) is 0 Å². The number of carbonyl (C=O) groups is 1. The Morgan fingerprint density at radius 2 is 2.10 bits per heavy atom. The van der Waals surface area contributed by atoms with E-state index in [0.717, 1.165) is 5.69 Å². The van der Waals surface area contributed by atoms with Crippen molar-refractivity contribution in [3.63, 3.8) is 0 Å². The van der Waals surface area contributed by atoms with Gasteiger partial charge >= 0.3 is 0 Å². The molecule has 3 rings (SSSR count). The molecule has 0 aromatic carbocycles. The molecule has 2 aromatic rings. The van der Waals surface area contributed by atoms with Crippen LogP contribution in [0.1, 0.15) is 38.1 Å². The number of aryl methyl sites for hydroxylation is 3. The third kappa shape index (κ3) is 4.49. The third-order valence-corrected chi connectivity index (χ3v) is 7.51. The van der Waals surface area contributed by atoms with Crippen LogP contribution < -0.4 is 5.32 Å². The second kappa shape index (κ2) is 8.85. The van der Waals surface area contributed by atoms with Crippen LogP contribution >= 0.6 is 11.6 Å². The molecule has 9 nitrogen and oxygen atoms in total. The van der Waals surface area contributed by atoms with Crippen LogP contribution in [0.2, 0.25) is 5.02 Å². The highest BCUT2D eigenvalue weighted by Gasteiger charge is 2.35. The van der Waals surface area contributed by atoms with Gasteiger partial charge in [0.1, 0.15) is 4.90 Å². The van der Waals surface area contributed by atoms with Crippen molar-refractivity contribution in [2.45, 2.75) is 58.1 Å². The van der Waals surface area contributed by atoms with E-state index in [4.69, 9.17) is 11.6 Å². The van der Waals surface area contributed by atoms with Gasteiger partial charge in [-0.1, -0.05) is 11.6 Å². The van der Waals surface area contributed by atoms with Gasteiger partial charge in [-0.15, -0.1) is 0 Å². The first-order chi connectivity index (χ1) is 13.8. The third-order valence-electron chi connectivity index (χ3n) is 5.23. The largest absolute Gasteiger partial charge is 0.350 e. The van der Waals surface area contributed by atoms with Gasteiger partial charge in [-0.2, -0.15) is 14.5 Å². The molecule has 1 N–H and O–H groups in total. The number of rotatable bonds is 7. The lowest BCUT2D eigenvalue weighted by molar-refractivity contribution is -0.126. The first-order valence-electron chi connectivity index (χ1n) is 9.80. The molecule has 1 fully saturated rings. The van der Waals surface area contributed by atoms with Crippen LogP contribution in [-0.2, 0) is 34.5 Å². The molecule has 160 valence electrons. The Kier molecular flexibility index (Phi) is 6.65. The summed E-state index contributed by atoms with van der Waals surface area (Å²) in [4.78, 5) is 12.9. The Bertz CT molecular complexity index is 984. The van der Waals surface area contributed by atoms with Crippen molar-refractivity contribution in [1.82, 2.24) is 29.2 Å². The fraction of sp³-hybridized carbons (Fsp3) is 0.611. The van der Waals surface area contributed by atoms with E-state index in [-0.39, 0.29) is 23.9 Å². The maximum Gasteiger partial charge on any atom is 0.246 e.